The van der Waals surface area contributed by atoms with Crippen molar-refractivity contribution in [1.82, 2.24) is 5.32 Å². The zero-order chi connectivity index (χ0) is 21.3. The second kappa shape index (κ2) is 8.61. The van der Waals surface area contributed by atoms with Crippen molar-refractivity contribution >= 4 is 62.8 Å². The van der Waals surface area contributed by atoms with Gasteiger partial charge in [0.1, 0.15) is 11.1 Å². The van der Waals surface area contributed by atoms with E-state index in [0.717, 1.165) is 24.8 Å². The Labute approximate surface area is 190 Å². The second-order valence-corrected chi connectivity index (χ2v) is 10.5. The lowest BCUT2D eigenvalue weighted by Crippen LogP contribution is -2.34. The summed E-state index contributed by atoms with van der Waals surface area (Å²) in [6.07, 6.45) is 2.92. The van der Waals surface area contributed by atoms with Gasteiger partial charge in [0, 0.05) is 10.4 Å². The van der Waals surface area contributed by atoms with E-state index < -0.39 is 5.91 Å². The molecule has 1 aromatic heterocycles. The van der Waals surface area contributed by atoms with Crippen LogP contribution in [0.15, 0.2) is 18.2 Å². The number of thiocarbonyl (C=S) groups is 1. The number of carbonyl (C=O) groups is 1. The van der Waals surface area contributed by atoms with Crippen molar-refractivity contribution in [3.8, 4) is 6.07 Å². The van der Waals surface area contributed by atoms with Gasteiger partial charge in [0.25, 0.3) is 5.91 Å². The van der Waals surface area contributed by atoms with E-state index in [1.165, 1.54) is 10.9 Å². The average Bonchev–Trinajstić information content (AvgIpc) is 2.98. The monoisotopic (exact) mass is 465 g/mol. The maximum atomic E-state index is 12.4. The van der Waals surface area contributed by atoms with Gasteiger partial charge in [0.2, 0.25) is 0 Å². The summed E-state index contributed by atoms with van der Waals surface area (Å²) in [4.78, 5) is 13.6. The van der Waals surface area contributed by atoms with Gasteiger partial charge in [-0.3, -0.25) is 10.1 Å². The smallest absolute Gasteiger partial charge is 0.257 e. The van der Waals surface area contributed by atoms with E-state index in [0.29, 0.717) is 32.1 Å². The molecule has 4 nitrogen and oxygen atoms in total. The van der Waals surface area contributed by atoms with Crippen molar-refractivity contribution in [2.45, 2.75) is 40.0 Å². The predicted molar refractivity (Wildman–Crippen MR) is 124 cm³/mol. The lowest BCUT2D eigenvalue weighted by atomic mass is 9.72. The molecule has 3 rings (SSSR count). The second-order valence-electron chi connectivity index (χ2n) is 8.16. The fourth-order valence-electron chi connectivity index (χ4n) is 3.48. The maximum Gasteiger partial charge on any atom is 0.257 e. The van der Waals surface area contributed by atoms with Crippen LogP contribution in [-0.2, 0) is 12.8 Å². The first-order chi connectivity index (χ1) is 13.6. The topological polar surface area (TPSA) is 64.9 Å². The van der Waals surface area contributed by atoms with E-state index in [9.17, 15) is 10.1 Å². The van der Waals surface area contributed by atoms with Gasteiger partial charge in [0.15, 0.2) is 5.11 Å². The number of anilines is 1. The number of nitrogens with one attached hydrogen (secondary N) is 2. The molecule has 0 bridgehead atoms. The maximum absolute atomic E-state index is 12.4. The molecule has 0 saturated heterocycles. The van der Waals surface area contributed by atoms with Crippen molar-refractivity contribution < 1.29 is 4.79 Å². The number of amides is 1. The summed E-state index contributed by atoms with van der Waals surface area (Å²) in [5.41, 5.74) is 2.32. The summed E-state index contributed by atoms with van der Waals surface area (Å²) in [6, 6.07) is 6.92. The number of benzene rings is 1. The van der Waals surface area contributed by atoms with Gasteiger partial charge in [-0.2, -0.15) is 5.26 Å². The van der Waals surface area contributed by atoms with Gasteiger partial charge in [-0.15, -0.1) is 11.3 Å². The molecule has 1 heterocycles. The molecule has 0 fully saturated rings. The van der Waals surface area contributed by atoms with Crippen LogP contribution in [0.5, 0.6) is 0 Å². The Morgan fingerprint density at radius 1 is 1.31 bits per heavy atom. The van der Waals surface area contributed by atoms with Crippen molar-refractivity contribution in [2.24, 2.45) is 11.3 Å². The van der Waals surface area contributed by atoms with E-state index in [1.54, 1.807) is 23.5 Å². The van der Waals surface area contributed by atoms with Gasteiger partial charge in [0.05, 0.1) is 15.6 Å². The first-order valence-corrected chi connectivity index (χ1v) is 11.2. The van der Waals surface area contributed by atoms with Crippen LogP contribution in [-0.4, -0.2) is 11.0 Å². The molecular weight excluding hydrogens is 445 g/mol. The molecule has 2 N–H and O–H groups in total. The molecule has 1 aromatic carbocycles. The Kier molecular flexibility index (Phi) is 6.54. The molecule has 0 saturated carbocycles. The fourth-order valence-corrected chi connectivity index (χ4v) is 5.32. The number of rotatable bonds is 2. The summed E-state index contributed by atoms with van der Waals surface area (Å²) in [5, 5.41) is 16.8. The van der Waals surface area contributed by atoms with Gasteiger partial charge in [-0.05, 0) is 66.6 Å². The molecule has 0 radical (unpaired) electrons. The molecule has 1 atom stereocenters. The summed E-state index contributed by atoms with van der Waals surface area (Å²) in [6.45, 7) is 6.77. The van der Waals surface area contributed by atoms with Crippen LogP contribution in [0, 0.1) is 22.7 Å². The van der Waals surface area contributed by atoms with E-state index >= 15 is 0 Å². The molecule has 0 aliphatic heterocycles. The van der Waals surface area contributed by atoms with Crippen molar-refractivity contribution in [2.75, 3.05) is 5.32 Å². The van der Waals surface area contributed by atoms with E-state index in [1.807, 2.05) is 0 Å². The van der Waals surface area contributed by atoms with Crippen LogP contribution >= 0.6 is 46.8 Å². The normalized spacial score (nSPS) is 15.9. The molecule has 8 heteroatoms. The Balaban J connectivity index is 1.74. The van der Waals surface area contributed by atoms with E-state index in [2.05, 4.69) is 37.5 Å². The van der Waals surface area contributed by atoms with Crippen LogP contribution in [0.3, 0.4) is 0 Å². The molecule has 0 spiro atoms. The number of thiophene rings is 1. The minimum absolute atomic E-state index is 0.142. The van der Waals surface area contributed by atoms with Crippen LogP contribution < -0.4 is 10.6 Å². The third-order valence-electron chi connectivity index (χ3n) is 5.24. The van der Waals surface area contributed by atoms with Gasteiger partial charge in [-0.25, -0.2) is 0 Å². The minimum atomic E-state index is -0.395. The molecule has 0 unspecified atom stereocenters. The highest BCUT2D eigenvalue weighted by atomic mass is 35.5. The molecule has 1 amide bonds. The highest BCUT2D eigenvalue weighted by Gasteiger charge is 2.32. The molecule has 29 heavy (non-hydrogen) atoms. The number of fused-ring (bicyclic) bond motifs is 1. The lowest BCUT2D eigenvalue weighted by molar-refractivity contribution is 0.0977. The third kappa shape index (κ3) is 4.92. The standard InChI is InChI=1S/C21H21Cl2N3OS2/c1-21(2,3)12-5-6-13-14(10-24)19(29-17(13)9-12)26-20(28)25-18(27)11-4-7-15(22)16(23)8-11/h4,7-8,12H,5-6,9H2,1-3H3,(H2,25,26,27,28)/t12-/m1/s1. The number of halogens is 2. The minimum Gasteiger partial charge on any atom is -0.323 e. The van der Waals surface area contributed by atoms with Crippen LogP contribution in [0.2, 0.25) is 10.0 Å². The SMILES string of the molecule is CC(C)(C)[C@@H]1CCc2c(sc(NC(=S)NC(=O)c3ccc(Cl)c(Cl)c3)c2C#N)C1. The van der Waals surface area contributed by atoms with Crippen LogP contribution in [0.25, 0.3) is 0 Å². The number of nitrogens with zero attached hydrogens (tertiary/aromatic N) is 1. The van der Waals surface area contributed by atoms with E-state index in [-0.39, 0.29) is 10.5 Å². The van der Waals surface area contributed by atoms with E-state index in [4.69, 9.17) is 35.4 Å². The summed E-state index contributed by atoms with van der Waals surface area (Å²) in [7, 11) is 0. The summed E-state index contributed by atoms with van der Waals surface area (Å²) < 4.78 is 0. The Morgan fingerprint density at radius 2 is 2.03 bits per heavy atom. The van der Waals surface area contributed by atoms with Gasteiger partial charge in [-0.1, -0.05) is 44.0 Å². The average molecular weight is 466 g/mol. The van der Waals surface area contributed by atoms with Crippen LogP contribution in [0.4, 0.5) is 5.00 Å². The van der Waals surface area contributed by atoms with Gasteiger partial charge < -0.3 is 5.32 Å². The first kappa shape index (κ1) is 22.0. The van der Waals surface area contributed by atoms with Crippen molar-refractivity contribution in [3.05, 3.63) is 49.8 Å². The Morgan fingerprint density at radius 3 is 2.66 bits per heavy atom. The lowest BCUT2D eigenvalue weighted by Gasteiger charge is -2.33. The van der Waals surface area contributed by atoms with Crippen LogP contribution in [0.1, 0.15) is 53.6 Å². The Bertz CT molecular complexity index is 1020. The summed E-state index contributed by atoms with van der Waals surface area (Å²) >= 11 is 18.7. The number of hydrogen-bond donors (Lipinski definition) is 2. The molecule has 152 valence electrons. The third-order valence-corrected chi connectivity index (χ3v) is 7.35. The zero-order valence-corrected chi connectivity index (χ0v) is 19.5. The number of hydrogen-bond acceptors (Lipinski definition) is 4. The van der Waals surface area contributed by atoms with Crippen molar-refractivity contribution in [3.63, 3.8) is 0 Å². The summed E-state index contributed by atoms with van der Waals surface area (Å²) in [5.74, 6) is 0.183. The van der Waals surface area contributed by atoms with Gasteiger partial charge >= 0.3 is 0 Å². The number of nitriles is 1. The molecule has 1 aliphatic carbocycles. The largest absolute Gasteiger partial charge is 0.323 e. The molecular formula is C21H21Cl2N3OS2. The zero-order valence-electron chi connectivity index (χ0n) is 16.4. The quantitative estimate of drug-likeness (QED) is 0.517. The number of carbonyl (C=O) groups excluding carboxylic acids is 1. The first-order valence-electron chi connectivity index (χ1n) is 9.22. The highest BCUT2D eigenvalue weighted by Crippen LogP contribution is 2.43. The Hall–Kier alpha value is -1.65. The molecule has 1 aliphatic rings. The fraction of sp³-hybridized carbons (Fsp3) is 0.381. The highest BCUT2D eigenvalue weighted by molar-refractivity contribution is 7.80. The molecule has 2 aromatic rings. The predicted octanol–water partition coefficient (Wildman–Crippen LogP) is 6.20. The van der Waals surface area contributed by atoms with Crippen molar-refractivity contribution in [1.29, 1.82) is 5.26 Å².